The molecule has 0 aliphatic heterocycles. The van der Waals surface area contributed by atoms with Crippen molar-refractivity contribution < 1.29 is 0 Å². The van der Waals surface area contributed by atoms with Crippen molar-refractivity contribution >= 4 is 0 Å². The zero-order valence-corrected chi connectivity index (χ0v) is 12.2. The predicted molar refractivity (Wildman–Crippen MR) is 82.3 cm³/mol. The zero-order valence-electron chi connectivity index (χ0n) is 12.2. The van der Waals surface area contributed by atoms with Gasteiger partial charge in [0.05, 0.1) is 0 Å². The van der Waals surface area contributed by atoms with Crippen molar-refractivity contribution in [1.82, 2.24) is 0 Å². The first-order valence-electron chi connectivity index (χ1n) is 6.93. The lowest BCUT2D eigenvalue weighted by atomic mass is 9.76. The van der Waals surface area contributed by atoms with Crippen LogP contribution in [0.4, 0.5) is 0 Å². The molecule has 0 amide bonds. The van der Waals surface area contributed by atoms with Gasteiger partial charge >= 0.3 is 5.66 Å². The standard InChI is InChI=1S/C18H20N2/c1-6-8-9-13-18(19-4,20-5)17-12-11-15(3)14-16(17)10-7-2/h10,12,15-16H,2,6,11,13-14H2,1,3H3/t15-,16+/m0/s1. The summed E-state index contributed by atoms with van der Waals surface area (Å²) in [6, 6.07) is 0. The third-order valence-corrected chi connectivity index (χ3v) is 3.58. The second-order valence-corrected chi connectivity index (χ2v) is 5.14. The summed E-state index contributed by atoms with van der Waals surface area (Å²) in [5, 5.41) is 0. The van der Waals surface area contributed by atoms with E-state index in [1.807, 2.05) is 13.0 Å². The molecule has 2 atom stereocenters. The summed E-state index contributed by atoms with van der Waals surface area (Å²) in [5.74, 6) is 6.59. The molecule has 0 aromatic carbocycles. The van der Waals surface area contributed by atoms with Gasteiger partial charge in [0.1, 0.15) is 5.57 Å². The number of allylic oxidation sites excluding steroid dienone is 2. The van der Waals surface area contributed by atoms with Gasteiger partial charge < -0.3 is 0 Å². The Morgan fingerprint density at radius 2 is 2.15 bits per heavy atom. The smallest absolute Gasteiger partial charge is 0.225 e. The largest absolute Gasteiger partial charge is 0.517 e. The molecule has 0 saturated heterocycles. The number of nitrogens with zero attached hydrogens (tertiary/aromatic N) is 2. The minimum absolute atomic E-state index is 0.0860. The molecule has 0 N–H and O–H groups in total. The number of rotatable bonds is 3. The van der Waals surface area contributed by atoms with E-state index in [4.69, 9.17) is 13.1 Å². The van der Waals surface area contributed by atoms with Gasteiger partial charge in [-0.05, 0) is 24.8 Å². The minimum atomic E-state index is -1.17. The van der Waals surface area contributed by atoms with Crippen molar-refractivity contribution in [3.05, 3.63) is 52.9 Å². The highest BCUT2D eigenvalue weighted by atomic mass is 15.0. The van der Waals surface area contributed by atoms with E-state index in [0.717, 1.165) is 24.8 Å². The Balaban J connectivity index is 3.22. The van der Waals surface area contributed by atoms with Crippen molar-refractivity contribution in [3.8, 4) is 11.8 Å². The maximum atomic E-state index is 7.50. The van der Waals surface area contributed by atoms with E-state index < -0.39 is 5.66 Å². The van der Waals surface area contributed by atoms with E-state index in [9.17, 15) is 0 Å². The molecule has 0 saturated carbocycles. The highest BCUT2D eigenvalue weighted by Gasteiger charge is 2.51. The van der Waals surface area contributed by atoms with Crippen molar-refractivity contribution in [1.29, 1.82) is 0 Å². The van der Waals surface area contributed by atoms with Gasteiger partial charge in [-0.1, -0.05) is 32.4 Å². The number of hydrogen-bond acceptors (Lipinski definition) is 0. The molecule has 20 heavy (non-hydrogen) atoms. The van der Waals surface area contributed by atoms with Crippen molar-refractivity contribution in [3.63, 3.8) is 0 Å². The summed E-state index contributed by atoms with van der Waals surface area (Å²) in [4.78, 5) is 7.30. The topological polar surface area (TPSA) is 8.72 Å². The molecule has 1 aliphatic rings. The van der Waals surface area contributed by atoms with Crippen LogP contribution in [-0.4, -0.2) is 5.66 Å². The third kappa shape index (κ3) is 3.42. The third-order valence-electron chi connectivity index (χ3n) is 3.58. The Labute approximate surface area is 122 Å². The quantitative estimate of drug-likeness (QED) is 0.304. The van der Waals surface area contributed by atoms with Crippen LogP contribution in [0.15, 0.2) is 30.0 Å². The van der Waals surface area contributed by atoms with Crippen LogP contribution < -0.4 is 0 Å². The average molecular weight is 264 g/mol. The summed E-state index contributed by atoms with van der Waals surface area (Å²) in [6.45, 7) is 22.8. The maximum absolute atomic E-state index is 7.50. The molecule has 2 heteroatoms. The predicted octanol–water partition coefficient (Wildman–Crippen LogP) is 4.64. The first-order valence-corrected chi connectivity index (χ1v) is 6.93. The summed E-state index contributed by atoms with van der Waals surface area (Å²) in [5.41, 5.74) is 2.54. The Morgan fingerprint density at radius 1 is 1.45 bits per heavy atom. The van der Waals surface area contributed by atoms with Crippen LogP contribution in [0.25, 0.3) is 9.69 Å². The molecular weight excluding hydrogens is 244 g/mol. The molecule has 0 bridgehead atoms. The summed E-state index contributed by atoms with van der Waals surface area (Å²) in [6.07, 6.45) is 6.86. The number of hydrogen-bond donors (Lipinski definition) is 0. The van der Waals surface area contributed by atoms with Gasteiger partial charge in [-0.3, -0.25) is 0 Å². The van der Waals surface area contributed by atoms with Gasteiger partial charge in [-0.25, -0.2) is 22.8 Å². The van der Waals surface area contributed by atoms with Crippen LogP contribution in [0.2, 0.25) is 0 Å². The van der Waals surface area contributed by atoms with E-state index in [1.165, 1.54) is 0 Å². The lowest BCUT2D eigenvalue weighted by Crippen LogP contribution is -2.30. The molecule has 2 nitrogen and oxygen atoms in total. The van der Waals surface area contributed by atoms with Crippen molar-refractivity contribution in [2.75, 3.05) is 0 Å². The van der Waals surface area contributed by atoms with E-state index in [-0.39, 0.29) is 12.3 Å². The van der Waals surface area contributed by atoms with Gasteiger partial charge in [-0.2, -0.15) is 0 Å². The molecule has 1 rings (SSSR count). The first kappa shape index (κ1) is 15.9. The lowest BCUT2D eigenvalue weighted by Gasteiger charge is -2.25. The van der Waals surface area contributed by atoms with Gasteiger partial charge in [0.15, 0.2) is 6.42 Å². The molecule has 0 unspecified atom stereocenters. The highest BCUT2D eigenvalue weighted by molar-refractivity contribution is 5.38. The van der Waals surface area contributed by atoms with Gasteiger partial charge in [-0.15, -0.1) is 11.7 Å². The Kier molecular flexibility index (Phi) is 5.87. The molecule has 0 fully saturated rings. The van der Waals surface area contributed by atoms with Crippen molar-refractivity contribution in [2.24, 2.45) is 11.8 Å². The van der Waals surface area contributed by atoms with Gasteiger partial charge in [0.25, 0.3) is 0 Å². The van der Waals surface area contributed by atoms with Crippen molar-refractivity contribution in [2.45, 2.75) is 45.2 Å². The van der Waals surface area contributed by atoms with Crippen LogP contribution in [0.1, 0.15) is 39.5 Å². The molecule has 1 aliphatic carbocycles. The SMILES string of the molecule is [C-]#[N+]C(CC#CCC)([N+]#[C-])C1=CC[C@H](C)C[C@H]1C=C=C. The fourth-order valence-electron chi connectivity index (χ4n) is 2.54. The molecule has 0 heterocycles. The summed E-state index contributed by atoms with van der Waals surface area (Å²) < 4.78 is 0. The van der Waals surface area contributed by atoms with Crippen LogP contribution in [0, 0.1) is 36.8 Å². The van der Waals surface area contributed by atoms with Crippen LogP contribution in [-0.2, 0) is 0 Å². The normalized spacial score (nSPS) is 21.3. The average Bonchev–Trinajstić information content (AvgIpc) is 2.45. The molecule has 102 valence electrons. The highest BCUT2D eigenvalue weighted by Crippen LogP contribution is 2.40. The minimum Gasteiger partial charge on any atom is -0.225 e. The van der Waals surface area contributed by atoms with E-state index in [0.29, 0.717) is 5.92 Å². The summed E-state index contributed by atoms with van der Waals surface area (Å²) in [7, 11) is 0. The summed E-state index contributed by atoms with van der Waals surface area (Å²) >= 11 is 0. The Bertz CT molecular complexity index is 551. The van der Waals surface area contributed by atoms with E-state index in [2.05, 4.69) is 46.8 Å². The monoisotopic (exact) mass is 264 g/mol. The Morgan fingerprint density at radius 3 is 2.70 bits per heavy atom. The van der Waals surface area contributed by atoms with Crippen LogP contribution in [0.3, 0.4) is 0 Å². The maximum Gasteiger partial charge on any atom is 0.517 e. The molecule has 0 aromatic heterocycles. The lowest BCUT2D eigenvalue weighted by molar-refractivity contribution is 0.430. The fourth-order valence-corrected chi connectivity index (χ4v) is 2.54. The van der Waals surface area contributed by atoms with E-state index in [1.54, 1.807) is 0 Å². The molecule has 0 aromatic rings. The molecule has 0 spiro atoms. The molecule has 0 radical (unpaired) electrons. The zero-order chi connectivity index (χ0) is 15.0. The second-order valence-electron chi connectivity index (χ2n) is 5.14. The molecular formula is C18H20N2. The van der Waals surface area contributed by atoms with E-state index >= 15 is 0 Å². The van der Waals surface area contributed by atoms with Gasteiger partial charge in [0, 0.05) is 12.3 Å². The van der Waals surface area contributed by atoms with Crippen LogP contribution >= 0.6 is 0 Å². The van der Waals surface area contributed by atoms with Gasteiger partial charge in [0.2, 0.25) is 0 Å². The first-order chi connectivity index (χ1) is 9.63. The second kappa shape index (κ2) is 7.40. The van der Waals surface area contributed by atoms with Crippen LogP contribution in [0.5, 0.6) is 0 Å². The Hall–Kier alpha value is -2.20. The fraction of sp³-hybridized carbons (Fsp3) is 0.500.